The first-order chi connectivity index (χ1) is 17.2. The van der Waals surface area contributed by atoms with Gasteiger partial charge in [-0.2, -0.15) is 0 Å². The van der Waals surface area contributed by atoms with Gasteiger partial charge in [-0.3, -0.25) is 4.79 Å². The fourth-order valence-corrected chi connectivity index (χ4v) is 4.45. The molecular formula is C32H48O4. The van der Waals surface area contributed by atoms with Crippen LogP contribution in [0.15, 0.2) is 41.0 Å². The van der Waals surface area contributed by atoms with Crippen molar-refractivity contribution in [2.24, 2.45) is 0 Å². The van der Waals surface area contributed by atoms with Crippen molar-refractivity contribution in [3.8, 4) is 5.75 Å². The molecule has 1 fully saturated rings. The van der Waals surface area contributed by atoms with Gasteiger partial charge in [0.15, 0.2) is 6.29 Å². The van der Waals surface area contributed by atoms with E-state index >= 15 is 0 Å². The lowest BCUT2D eigenvalue weighted by Gasteiger charge is -2.25. The van der Waals surface area contributed by atoms with Gasteiger partial charge in [0.05, 0.1) is 13.7 Å². The molecule has 1 aliphatic heterocycles. The number of hydrogen-bond acceptors (Lipinski definition) is 4. The Morgan fingerprint density at radius 1 is 0.889 bits per heavy atom. The average Bonchev–Trinajstić information content (AvgIpc) is 2.87. The summed E-state index contributed by atoms with van der Waals surface area (Å²) < 4.78 is 16.8. The second-order valence-corrected chi connectivity index (χ2v) is 10.3. The molecule has 1 unspecified atom stereocenters. The highest BCUT2D eigenvalue weighted by atomic mass is 16.7. The van der Waals surface area contributed by atoms with Crippen LogP contribution in [-0.4, -0.2) is 26.0 Å². The van der Waals surface area contributed by atoms with E-state index < -0.39 is 0 Å². The van der Waals surface area contributed by atoms with Crippen LogP contribution in [0.2, 0.25) is 0 Å². The largest absolute Gasteiger partial charge is 0.469 e. The third-order valence-corrected chi connectivity index (χ3v) is 7.36. The van der Waals surface area contributed by atoms with Crippen molar-refractivity contribution in [3.05, 3.63) is 63.3 Å². The summed E-state index contributed by atoms with van der Waals surface area (Å²) in [5.41, 5.74) is 9.35. The van der Waals surface area contributed by atoms with Crippen LogP contribution in [0.25, 0.3) is 0 Å². The number of esters is 1. The average molecular weight is 497 g/mol. The van der Waals surface area contributed by atoms with Crippen LogP contribution in [0.4, 0.5) is 0 Å². The van der Waals surface area contributed by atoms with Gasteiger partial charge in [-0.1, -0.05) is 34.9 Å². The van der Waals surface area contributed by atoms with Crippen molar-refractivity contribution in [1.82, 2.24) is 0 Å². The van der Waals surface area contributed by atoms with Crippen LogP contribution >= 0.6 is 0 Å². The third-order valence-electron chi connectivity index (χ3n) is 7.36. The maximum Gasteiger partial charge on any atom is 0.305 e. The van der Waals surface area contributed by atoms with E-state index in [0.29, 0.717) is 6.42 Å². The molecular weight excluding hydrogens is 448 g/mol. The molecule has 0 aliphatic carbocycles. The van der Waals surface area contributed by atoms with Crippen LogP contribution in [0, 0.1) is 20.8 Å². The summed E-state index contributed by atoms with van der Waals surface area (Å²) in [5.74, 6) is 0.830. The van der Waals surface area contributed by atoms with Crippen LogP contribution in [0.3, 0.4) is 0 Å². The summed E-state index contributed by atoms with van der Waals surface area (Å²) in [7, 11) is 1.44. The maximum absolute atomic E-state index is 11.3. The first-order valence-electron chi connectivity index (χ1n) is 13.6. The van der Waals surface area contributed by atoms with Crippen molar-refractivity contribution in [3.63, 3.8) is 0 Å². The molecule has 1 atom stereocenters. The maximum atomic E-state index is 11.3. The van der Waals surface area contributed by atoms with Crippen LogP contribution in [0.1, 0.15) is 101 Å². The lowest BCUT2D eigenvalue weighted by molar-refractivity contribution is -0.140. The van der Waals surface area contributed by atoms with Crippen molar-refractivity contribution in [1.29, 1.82) is 0 Å². The standard InChI is InChI=1S/C32H48O4/c1-23(13-11-15-25(3)18-20-31(33)34-7)12-10-14-24(2)17-19-29-22-30(28(6)26(4)27(29)5)36-32-16-8-9-21-35-32/h12,15,17,22,32H,8-11,13-14,16,18-21H2,1-7H3/b23-12+,24-17+,25-15+. The topological polar surface area (TPSA) is 44.8 Å². The highest BCUT2D eigenvalue weighted by Gasteiger charge is 2.18. The summed E-state index contributed by atoms with van der Waals surface area (Å²) in [6, 6.07) is 2.23. The SMILES string of the molecule is COC(=O)CC/C(C)=C/CC/C(C)=C/CC/C(C)=C/Cc1cc(OC2CCCCO2)c(C)c(C)c1C. The minimum absolute atomic E-state index is 0.112. The second kappa shape index (κ2) is 15.7. The Bertz CT molecular complexity index is 945. The van der Waals surface area contributed by atoms with E-state index in [1.165, 1.54) is 52.5 Å². The lowest BCUT2D eigenvalue weighted by Crippen LogP contribution is -2.25. The van der Waals surface area contributed by atoms with E-state index in [1.54, 1.807) is 0 Å². The van der Waals surface area contributed by atoms with Gasteiger partial charge in [-0.15, -0.1) is 0 Å². The summed E-state index contributed by atoms with van der Waals surface area (Å²) in [5, 5.41) is 0. The zero-order valence-corrected chi connectivity index (χ0v) is 23.8. The number of ether oxygens (including phenoxy) is 3. The summed E-state index contributed by atoms with van der Waals surface area (Å²) in [6.07, 6.45) is 16.5. The Labute approximate surface area is 219 Å². The molecule has 1 aromatic rings. The highest BCUT2D eigenvalue weighted by Crippen LogP contribution is 2.30. The van der Waals surface area contributed by atoms with Crippen LogP contribution < -0.4 is 4.74 Å². The summed E-state index contributed by atoms with van der Waals surface area (Å²) in [4.78, 5) is 11.3. The zero-order chi connectivity index (χ0) is 26.5. The van der Waals surface area contributed by atoms with Crippen LogP contribution in [0.5, 0.6) is 5.75 Å². The van der Waals surface area contributed by atoms with Gasteiger partial charge in [0.25, 0.3) is 0 Å². The Morgan fingerprint density at radius 2 is 1.53 bits per heavy atom. The van der Waals surface area contributed by atoms with E-state index in [-0.39, 0.29) is 12.3 Å². The molecule has 0 bridgehead atoms. The Morgan fingerprint density at radius 3 is 2.14 bits per heavy atom. The third kappa shape index (κ3) is 10.3. The van der Waals surface area contributed by atoms with Gasteiger partial charge < -0.3 is 14.2 Å². The van der Waals surface area contributed by atoms with Gasteiger partial charge >= 0.3 is 5.97 Å². The number of methoxy groups -OCH3 is 1. The molecule has 0 N–H and O–H groups in total. The number of benzene rings is 1. The predicted molar refractivity (Wildman–Crippen MR) is 150 cm³/mol. The Hall–Kier alpha value is -2.33. The van der Waals surface area contributed by atoms with Gasteiger partial charge in [0.2, 0.25) is 0 Å². The predicted octanol–water partition coefficient (Wildman–Crippen LogP) is 8.41. The molecule has 1 saturated heterocycles. The quantitative estimate of drug-likeness (QED) is 0.203. The highest BCUT2D eigenvalue weighted by molar-refractivity contribution is 5.69. The number of carbonyl (C=O) groups excluding carboxylic acids is 1. The van der Waals surface area contributed by atoms with Crippen molar-refractivity contribution < 1.29 is 19.0 Å². The summed E-state index contributed by atoms with van der Waals surface area (Å²) in [6.45, 7) is 13.9. The number of carbonyl (C=O) groups is 1. The first kappa shape index (κ1) is 29.9. The van der Waals surface area contributed by atoms with E-state index in [9.17, 15) is 4.79 Å². The fraction of sp³-hybridized carbons (Fsp3) is 0.594. The van der Waals surface area contributed by atoms with E-state index in [4.69, 9.17) is 14.2 Å². The molecule has 1 aliphatic rings. The molecule has 4 nitrogen and oxygen atoms in total. The Balaban J connectivity index is 1.85. The van der Waals surface area contributed by atoms with E-state index in [1.807, 2.05) is 0 Å². The Kier molecular flexibility index (Phi) is 13.0. The van der Waals surface area contributed by atoms with E-state index in [0.717, 1.165) is 63.7 Å². The monoisotopic (exact) mass is 496 g/mol. The minimum Gasteiger partial charge on any atom is -0.469 e. The van der Waals surface area contributed by atoms with Crippen LogP contribution in [-0.2, 0) is 20.7 Å². The number of hydrogen-bond donors (Lipinski definition) is 0. The van der Waals surface area contributed by atoms with Gasteiger partial charge in [0.1, 0.15) is 5.75 Å². The molecule has 36 heavy (non-hydrogen) atoms. The second-order valence-electron chi connectivity index (χ2n) is 10.3. The number of allylic oxidation sites excluding steroid dienone is 6. The molecule has 4 heteroatoms. The number of rotatable bonds is 13. The summed E-state index contributed by atoms with van der Waals surface area (Å²) >= 11 is 0. The molecule has 2 rings (SSSR count). The molecule has 0 spiro atoms. The van der Waals surface area contributed by atoms with Crippen molar-refractivity contribution >= 4 is 5.97 Å². The van der Waals surface area contributed by atoms with Crippen molar-refractivity contribution in [2.75, 3.05) is 13.7 Å². The molecule has 200 valence electrons. The molecule has 1 heterocycles. The first-order valence-corrected chi connectivity index (χ1v) is 13.6. The fourth-order valence-electron chi connectivity index (χ4n) is 4.45. The van der Waals surface area contributed by atoms with E-state index in [2.05, 4.69) is 65.8 Å². The van der Waals surface area contributed by atoms with Crippen molar-refractivity contribution in [2.45, 2.75) is 112 Å². The van der Waals surface area contributed by atoms with Gasteiger partial charge in [0, 0.05) is 12.8 Å². The molecule has 1 aromatic carbocycles. The lowest BCUT2D eigenvalue weighted by atomic mass is 9.95. The molecule has 0 radical (unpaired) electrons. The smallest absolute Gasteiger partial charge is 0.305 e. The normalized spacial score (nSPS) is 17.3. The molecule has 0 amide bonds. The molecule has 0 aromatic heterocycles. The minimum atomic E-state index is -0.141. The van der Waals surface area contributed by atoms with Gasteiger partial charge in [-0.25, -0.2) is 0 Å². The van der Waals surface area contributed by atoms with Gasteiger partial charge in [-0.05, 0) is 121 Å². The zero-order valence-electron chi connectivity index (χ0n) is 23.8. The molecule has 0 saturated carbocycles.